The van der Waals surface area contributed by atoms with E-state index in [1.54, 1.807) is 11.3 Å². The number of hydrogen-bond acceptors (Lipinski definition) is 4. The Kier molecular flexibility index (Phi) is 3.59. The molecule has 0 bridgehead atoms. The Labute approximate surface area is 95.3 Å². The van der Waals surface area contributed by atoms with Gasteiger partial charge in [0.05, 0.1) is 5.69 Å². The summed E-state index contributed by atoms with van der Waals surface area (Å²) in [6, 6.07) is 0. The maximum atomic E-state index is 5.72. The van der Waals surface area contributed by atoms with E-state index in [0.29, 0.717) is 0 Å². The first-order valence-electron chi connectivity index (χ1n) is 5.76. The topological polar surface area (TPSA) is 42.2 Å². The highest BCUT2D eigenvalue weighted by molar-refractivity contribution is 7.15. The highest BCUT2D eigenvalue weighted by atomic mass is 32.1. The van der Waals surface area contributed by atoms with Crippen molar-refractivity contribution in [1.29, 1.82) is 0 Å². The molecule has 0 radical (unpaired) electrons. The third-order valence-corrected chi connectivity index (χ3v) is 3.93. The molecule has 1 aromatic heterocycles. The van der Waals surface area contributed by atoms with E-state index in [1.165, 1.54) is 36.5 Å². The summed E-state index contributed by atoms with van der Waals surface area (Å²) in [5.74, 6) is 0. The highest BCUT2D eigenvalue weighted by Crippen LogP contribution is 2.24. The molecule has 1 aliphatic heterocycles. The van der Waals surface area contributed by atoms with Crippen LogP contribution in [0, 0.1) is 0 Å². The smallest absolute Gasteiger partial charge is 0.180 e. The Morgan fingerprint density at radius 1 is 1.40 bits per heavy atom. The number of rotatable bonds is 3. The molecule has 1 aliphatic rings. The summed E-state index contributed by atoms with van der Waals surface area (Å²) >= 11 is 1.67. The number of anilines is 1. The van der Waals surface area contributed by atoms with Gasteiger partial charge in [0.1, 0.15) is 0 Å². The molecule has 2 heterocycles. The van der Waals surface area contributed by atoms with Gasteiger partial charge < -0.3 is 10.6 Å². The lowest BCUT2D eigenvalue weighted by Crippen LogP contribution is -2.27. The zero-order chi connectivity index (χ0) is 10.7. The molecule has 1 aromatic rings. The largest absolute Gasteiger partial charge is 0.375 e. The zero-order valence-corrected chi connectivity index (χ0v) is 10.1. The Morgan fingerprint density at radius 2 is 2.20 bits per heavy atom. The number of nitrogen functional groups attached to an aromatic ring is 1. The van der Waals surface area contributed by atoms with Gasteiger partial charge in [-0.15, -0.1) is 11.3 Å². The molecule has 0 atom stereocenters. The van der Waals surface area contributed by atoms with Gasteiger partial charge in [-0.1, -0.05) is 13.3 Å². The van der Waals surface area contributed by atoms with Crippen molar-refractivity contribution in [1.82, 2.24) is 9.88 Å². The van der Waals surface area contributed by atoms with E-state index in [-0.39, 0.29) is 0 Å². The minimum atomic E-state index is 0.738. The van der Waals surface area contributed by atoms with E-state index in [2.05, 4.69) is 16.8 Å². The fraction of sp³-hybridized carbons (Fsp3) is 0.727. The third kappa shape index (κ3) is 2.69. The molecule has 0 unspecified atom stereocenters. The SMILES string of the molecule is CCCCN1CCc2nc(N)sc2CC1. The number of hydrogen-bond donors (Lipinski definition) is 1. The lowest BCUT2D eigenvalue weighted by Gasteiger charge is -2.18. The first-order chi connectivity index (χ1) is 7.29. The van der Waals surface area contributed by atoms with E-state index < -0.39 is 0 Å². The summed E-state index contributed by atoms with van der Waals surface area (Å²) in [5.41, 5.74) is 6.96. The Balaban J connectivity index is 1.94. The van der Waals surface area contributed by atoms with Crippen molar-refractivity contribution < 1.29 is 0 Å². The van der Waals surface area contributed by atoms with Gasteiger partial charge in [-0.2, -0.15) is 0 Å². The first-order valence-corrected chi connectivity index (χ1v) is 6.57. The molecule has 0 aromatic carbocycles. The molecule has 2 rings (SSSR count). The molecule has 84 valence electrons. The van der Waals surface area contributed by atoms with Crippen LogP contribution in [0.2, 0.25) is 0 Å². The number of aromatic nitrogens is 1. The molecule has 0 spiro atoms. The standard InChI is InChI=1S/C11H19N3S/c1-2-3-6-14-7-4-9-10(5-8-14)15-11(12)13-9/h2-8H2,1H3,(H2,12,13). The van der Waals surface area contributed by atoms with Gasteiger partial charge in [-0.25, -0.2) is 4.98 Å². The van der Waals surface area contributed by atoms with Gasteiger partial charge in [0.15, 0.2) is 5.13 Å². The quantitative estimate of drug-likeness (QED) is 0.854. The van der Waals surface area contributed by atoms with Crippen LogP contribution in [-0.2, 0) is 12.8 Å². The number of nitrogens with zero attached hydrogens (tertiary/aromatic N) is 2. The van der Waals surface area contributed by atoms with Crippen LogP contribution in [-0.4, -0.2) is 29.5 Å². The fourth-order valence-electron chi connectivity index (χ4n) is 2.03. The van der Waals surface area contributed by atoms with Crippen molar-refractivity contribution in [3.8, 4) is 0 Å². The molecular weight excluding hydrogens is 206 g/mol. The van der Waals surface area contributed by atoms with Crippen LogP contribution in [0.15, 0.2) is 0 Å². The number of fused-ring (bicyclic) bond motifs is 1. The van der Waals surface area contributed by atoms with Crippen LogP contribution in [0.1, 0.15) is 30.3 Å². The predicted octanol–water partition coefficient (Wildman–Crippen LogP) is 1.93. The maximum Gasteiger partial charge on any atom is 0.180 e. The summed E-state index contributed by atoms with van der Waals surface area (Å²) in [7, 11) is 0. The summed E-state index contributed by atoms with van der Waals surface area (Å²) < 4.78 is 0. The summed E-state index contributed by atoms with van der Waals surface area (Å²) in [5, 5.41) is 0.738. The van der Waals surface area contributed by atoms with E-state index in [1.807, 2.05) is 0 Å². The summed E-state index contributed by atoms with van der Waals surface area (Å²) in [6.07, 6.45) is 4.80. The minimum Gasteiger partial charge on any atom is -0.375 e. The number of unbranched alkanes of at least 4 members (excludes halogenated alkanes) is 1. The molecule has 2 N–H and O–H groups in total. The van der Waals surface area contributed by atoms with Gasteiger partial charge in [-0.3, -0.25) is 0 Å². The van der Waals surface area contributed by atoms with Crippen LogP contribution >= 0.6 is 11.3 Å². The van der Waals surface area contributed by atoms with Crippen LogP contribution < -0.4 is 5.73 Å². The molecule has 4 heteroatoms. The maximum absolute atomic E-state index is 5.72. The van der Waals surface area contributed by atoms with Crippen LogP contribution in [0.4, 0.5) is 5.13 Å². The Morgan fingerprint density at radius 3 is 3.00 bits per heavy atom. The van der Waals surface area contributed by atoms with Gasteiger partial charge in [-0.05, 0) is 19.4 Å². The van der Waals surface area contributed by atoms with Gasteiger partial charge in [0, 0.05) is 24.4 Å². The van der Waals surface area contributed by atoms with Crippen molar-refractivity contribution >= 4 is 16.5 Å². The van der Waals surface area contributed by atoms with Crippen LogP contribution in [0.25, 0.3) is 0 Å². The normalized spacial score (nSPS) is 17.4. The zero-order valence-electron chi connectivity index (χ0n) is 9.33. The summed E-state index contributed by atoms with van der Waals surface area (Å²) in [6.45, 7) is 5.81. The van der Waals surface area contributed by atoms with Gasteiger partial charge >= 0.3 is 0 Å². The lowest BCUT2D eigenvalue weighted by atomic mass is 10.2. The third-order valence-electron chi connectivity index (χ3n) is 2.94. The monoisotopic (exact) mass is 225 g/mol. The van der Waals surface area contributed by atoms with Crippen molar-refractivity contribution in [2.24, 2.45) is 0 Å². The number of nitrogens with two attached hydrogens (primary N) is 1. The second-order valence-electron chi connectivity index (χ2n) is 4.12. The van der Waals surface area contributed by atoms with E-state index in [9.17, 15) is 0 Å². The van der Waals surface area contributed by atoms with Crippen LogP contribution in [0.5, 0.6) is 0 Å². The molecule has 15 heavy (non-hydrogen) atoms. The fourth-order valence-corrected chi connectivity index (χ4v) is 2.90. The molecule has 0 saturated heterocycles. The van der Waals surface area contributed by atoms with E-state index >= 15 is 0 Å². The molecule has 0 aliphatic carbocycles. The highest BCUT2D eigenvalue weighted by Gasteiger charge is 2.16. The van der Waals surface area contributed by atoms with Crippen molar-refractivity contribution in [3.05, 3.63) is 10.6 Å². The average molecular weight is 225 g/mol. The second-order valence-corrected chi connectivity index (χ2v) is 5.23. The average Bonchev–Trinajstić information content (AvgIpc) is 2.48. The lowest BCUT2D eigenvalue weighted by molar-refractivity contribution is 0.282. The van der Waals surface area contributed by atoms with E-state index in [0.717, 1.165) is 24.5 Å². The van der Waals surface area contributed by atoms with Crippen molar-refractivity contribution in [2.45, 2.75) is 32.6 Å². The molecule has 0 amide bonds. The van der Waals surface area contributed by atoms with Gasteiger partial charge in [0.25, 0.3) is 0 Å². The minimum absolute atomic E-state index is 0.738. The van der Waals surface area contributed by atoms with Gasteiger partial charge in [0.2, 0.25) is 0 Å². The Hall–Kier alpha value is -0.610. The molecule has 3 nitrogen and oxygen atoms in total. The van der Waals surface area contributed by atoms with E-state index in [4.69, 9.17) is 5.73 Å². The van der Waals surface area contributed by atoms with Crippen molar-refractivity contribution in [2.75, 3.05) is 25.4 Å². The van der Waals surface area contributed by atoms with Crippen molar-refractivity contribution in [3.63, 3.8) is 0 Å². The number of thiazole rings is 1. The Bertz CT molecular complexity index is 296. The molecular formula is C11H19N3S. The molecule has 0 saturated carbocycles. The van der Waals surface area contributed by atoms with Crippen LogP contribution in [0.3, 0.4) is 0 Å². The predicted molar refractivity (Wildman–Crippen MR) is 65.3 cm³/mol. The first kappa shape index (κ1) is 10.9. The summed E-state index contributed by atoms with van der Waals surface area (Å²) in [4.78, 5) is 8.35. The molecule has 0 fully saturated rings. The second kappa shape index (κ2) is 4.94.